The van der Waals surface area contributed by atoms with Crippen molar-refractivity contribution in [2.24, 2.45) is 0 Å². The molecule has 0 bridgehead atoms. The van der Waals surface area contributed by atoms with E-state index in [2.05, 4.69) is 0 Å². The highest BCUT2D eigenvalue weighted by Gasteiger charge is 2.29. The topological polar surface area (TPSA) is 76.0 Å². The fourth-order valence-electron chi connectivity index (χ4n) is 2.16. The number of hydrogen-bond acceptors (Lipinski definition) is 4. The average Bonchev–Trinajstić information content (AvgIpc) is 2.37. The van der Waals surface area contributed by atoms with Crippen molar-refractivity contribution in [3.8, 4) is 11.5 Å². The van der Waals surface area contributed by atoms with Gasteiger partial charge in [-0.2, -0.15) is 0 Å². The highest BCUT2D eigenvalue weighted by Crippen LogP contribution is 2.46. The van der Waals surface area contributed by atoms with E-state index in [0.29, 0.717) is 30.3 Å². The molecule has 0 saturated carbocycles. The molecule has 1 aromatic rings. The van der Waals surface area contributed by atoms with Gasteiger partial charge in [0.2, 0.25) is 0 Å². The predicted octanol–water partition coefficient (Wildman–Crippen LogP) is 2.35. The van der Waals surface area contributed by atoms with Gasteiger partial charge in [-0.05, 0) is 12.0 Å². The number of benzene rings is 1. The van der Waals surface area contributed by atoms with Gasteiger partial charge in [-0.3, -0.25) is 0 Å². The zero-order valence-electron chi connectivity index (χ0n) is 10.6. The van der Waals surface area contributed by atoms with E-state index in [9.17, 15) is 9.90 Å². The molecule has 5 nitrogen and oxygen atoms in total. The smallest absolute Gasteiger partial charge is 0.337 e. The number of hydrogen-bond donors (Lipinski definition) is 2. The maximum atomic E-state index is 11.0. The number of aliphatic carboxylic acids is 1. The Labute approximate surface area is 115 Å². The fraction of sp³-hybridized carbons (Fsp3) is 0.462. The quantitative estimate of drug-likeness (QED) is 0.892. The van der Waals surface area contributed by atoms with Crippen molar-refractivity contribution < 1.29 is 24.5 Å². The van der Waals surface area contributed by atoms with E-state index in [1.807, 2.05) is 13.8 Å². The fourth-order valence-corrected chi connectivity index (χ4v) is 2.42. The van der Waals surface area contributed by atoms with Crippen molar-refractivity contribution in [3.63, 3.8) is 0 Å². The molecule has 1 unspecified atom stereocenters. The maximum absolute atomic E-state index is 11.0. The van der Waals surface area contributed by atoms with Crippen LogP contribution in [0.2, 0.25) is 5.02 Å². The highest BCUT2D eigenvalue weighted by atomic mass is 35.5. The Bertz CT molecular complexity index is 512. The second-order valence-corrected chi connectivity index (χ2v) is 5.02. The lowest BCUT2D eigenvalue weighted by molar-refractivity contribution is -0.147. The SMILES string of the molecule is CC(C)c1c(C(O)C(=O)O)cc(Cl)c2c1OCCO2. The largest absolute Gasteiger partial charge is 0.486 e. The summed E-state index contributed by atoms with van der Waals surface area (Å²) in [6, 6.07) is 1.43. The Morgan fingerprint density at radius 3 is 2.42 bits per heavy atom. The van der Waals surface area contributed by atoms with Crippen LogP contribution in [0.1, 0.15) is 37.0 Å². The molecule has 1 aliphatic rings. The molecule has 19 heavy (non-hydrogen) atoms. The standard InChI is InChI=1S/C13H15ClO5/c1-6(2)9-7(10(15)13(16)17)5-8(14)11-12(9)19-4-3-18-11/h5-6,10,15H,3-4H2,1-2H3,(H,16,17). The molecule has 0 aromatic heterocycles. The third kappa shape index (κ3) is 2.48. The summed E-state index contributed by atoms with van der Waals surface area (Å²) in [5.74, 6) is -0.506. The molecular formula is C13H15ClO5. The van der Waals surface area contributed by atoms with E-state index in [4.69, 9.17) is 26.2 Å². The van der Waals surface area contributed by atoms with Gasteiger partial charge < -0.3 is 19.7 Å². The van der Waals surface area contributed by atoms with Crippen molar-refractivity contribution in [2.45, 2.75) is 25.9 Å². The summed E-state index contributed by atoms with van der Waals surface area (Å²) in [7, 11) is 0. The number of ether oxygens (including phenoxy) is 2. The molecule has 0 radical (unpaired) electrons. The predicted molar refractivity (Wildman–Crippen MR) is 69.1 cm³/mol. The summed E-state index contributed by atoms with van der Waals surface area (Å²) in [6.45, 7) is 4.54. The van der Waals surface area contributed by atoms with Gasteiger partial charge in [-0.25, -0.2) is 4.79 Å². The van der Waals surface area contributed by atoms with Crippen molar-refractivity contribution >= 4 is 17.6 Å². The molecule has 104 valence electrons. The first kappa shape index (κ1) is 14.0. The third-order valence-electron chi connectivity index (χ3n) is 2.94. The number of aliphatic hydroxyl groups is 1. The normalized spacial score (nSPS) is 15.4. The van der Waals surface area contributed by atoms with Crippen molar-refractivity contribution in [2.75, 3.05) is 13.2 Å². The Kier molecular flexibility index (Phi) is 3.87. The van der Waals surface area contributed by atoms with Gasteiger partial charge >= 0.3 is 5.97 Å². The molecule has 1 aliphatic heterocycles. The maximum Gasteiger partial charge on any atom is 0.337 e. The van der Waals surface area contributed by atoms with Crippen LogP contribution in [0.15, 0.2) is 6.07 Å². The van der Waals surface area contributed by atoms with Crippen molar-refractivity contribution in [1.82, 2.24) is 0 Å². The lowest BCUT2D eigenvalue weighted by atomic mass is 9.92. The van der Waals surface area contributed by atoms with Gasteiger partial charge in [-0.15, -0.1) is 0 Å². The minimum atomic E-state index is -1.63. The summed E-state index contributed by atoms with van der Waals surface area (Å²) >= 11 is 6.06. The lowest BCUT2D eigenvalue weighted by Crippen LogP contribution is -2.20. The van der Waals surface area contributed by atoms with Crippen molar-refractivity contribution in [1.29, 1.82) is 0 Å². The molecule has 0 saturated heterocycles. The first-order valence-corrected chi connectivity index (χ1v) is 6.34. The number of carboxylic acids is 1. The Morgan fingerprint density at radius 2 is 1.89 bits per heavy atom. The second kappa shape index (κ2) is 5.27. The molecule has 0 fully saturated rings. The Morgan fingerprint density at radius 1 is 1.32 bits per heavy atom. The molecule has 2 N–H and O–H groups in total. The number of halogens is 1. The van der Waals surface area contributed by atoms with E-state index < -0.39 is 12.1 Å². The van der Waals surface area contributed by atoms with Crippen LogP contribution in [-0.2, 0) is 4.79 Å². The molecule has 1 atom stereocenters. The number of aliphatic hydroxyl groups excluding tert-OH is 1. The summed E-state index contributed by atoms with van der Waals surface area (Å²) < 4.78 is 11.0. The number of carbonyl (C=O) groups is 1. The lowest BCUT2D eigenvalue weighted by Gasteiger charge is -2.26. The van der Waals surface area contributed by atoms with Gasteiger partial charge in [0.25, 0.3) is 0 Å². The Balaban J connectivity index is 2.66. The van der Waals surface area contributed by atoms with Gasteiger partial charge in [-0.1, -0.05) is 25.4 Å². The van der Waals surface area contributed by atoms with Crippen LogP contribution in [0, 0.1) is 0 Å². The molecule has 1 aromatic carbocycles. The Hall–Kier alpha value is -1.46. The third-order valence-corrected chi connectivity index (χ3v) is 3.22. The summed E-state index contributed by atoms with van der Waals surface area (Å²) in [6.07, 6.45) is -1.63. The summed E-state index contributed by atoms with van der Waals surface area (Å²) in [5.41, 5.74) is 0.866. The van der Waals surface area contributed by atoms with Crippen LogP contribution in [-0.4, -0.2) is 29.4 Å². The number of rotatable bonds is 3. The summed E-state index contributed by atoms with van der Waals surface area (Å²) in [4.78, 5) is 11.0. The number of fused-ring (bicyclic) bond motifs is 1. The minimum absolute atomic E-state index is 0.0308. The molecule has 6 heteroatoms. The molecule has 1 heterocycles. The first-order valence-electron chi connectivity index (χ1n) is 5.96. The highest BCUT2D eigenvalue weighted by molar-refractivity contribution is 6.32. The summed E-state index contributed by atoms with van der Waals surface area (Å²) in [5, 5.41) is 19.0. The van der Waals surface area contributed by atoms with Crippen LogP contribution in [0.25, 0.3) is 0 Å². The van der Waals surface area contributed by atoms with Crippen molar-refractivity contribution in [3.05, 3.63) is 22.2 Å². The van der Waals surface area contributed by atoms with E-state index in [-0.39, 0.29) is 16.5 Å². The monoisotopic (exact) mass is 286 g/mol. The van der Waals surface area contributed by atoms with E-state index >= 15 is 0 Å². The van der Waals surface area contributed by atoms with Gasteiger partial charge in [0.1, 0.15) is 13.2 Å². The molecule has 0 aliphatic carbocycles. The second-order valence-electron chi connectivity index (χ2n) is 4.61. The van der Waals surface area contributed by atoms with E-state index in [1.54, 1.807) is 0 Å². The minimum Gasteiger partial charge on any atom is -0.486 e. The van der Waals surface area contributed by atoms with Crippen LogP contribution < -0.4 is 9.47 Å². The molecule has 0 spiro atoms. The zero-order chi connectivity index (χ0) is 14.2. The number of carboxylic acid groups (broad SMARTS) is 1. The van der Waals surface area contributed by atoms with Gasteiger partial charge in [0.05, 0.1) is 5.02 Å². The van der Waals surface area contributed by atoms with E-state index in [0.717, 1.165) is 0 Å². The van der Waals surface area contributed by atoms with E-state index in [1.165, 1.54) is 6.07 Å². The van der Waals surface area contributed by atoms with Crippen LogP contribution in [0.4, 0.5) is 0 Å². The molecule has 2 rings (SSSR count). The van der Waals surface area contributed by atoms with Crippen LogP contribution in [0.5, 0.6) is 11.5 Å². The average molecular weight is 287 g/mol. The molecule has 0 amide bonds. The molecular weight excluding hydrogens is 272 g/mol. The first-order chi connectivity index (χ1) is 8.93. The zero-order valence-corrected chi connectivity index (χ0v) is 11.4. The van der Waals surface area contributed by atoms with Gasteiger partial charge in [0, 0.05) is 11.1 Å². The van der Waals surface area contributed by atoms with Crippen LogP contribution >= 0.6 is 11.6 Å². The van der Waals surface area contributed by atoms with Crippen LogP contribution in [0.3, 0.4) is 0 Å². The van der Waals surface area contributed by atoms with Gasteiger partial charge in [0.15, 0.2) is 17.6 Å².